The van der Waals surface area contributed by atoms with Crippen molar-refractivity contribution >= 4 is 5.97 Å². The van der Waals surface area contributed by atoms with Crippen LogP contribution in [0.3, 0.4) is 0 Å². The highest BCUT2D eigenvalue weighted by Gasteiger charge is 2.27. The number of aromatic nitrogens is 3. The molecule has 0 aromatic carbocycles. The average molecular weight is 266 g/mol. The van der Waals surface area contributed by atoms with Gasteiger partial charge in [0, 0.05) is 6.54 Å². The van der Waals surface area contributed by atoms with E-state index in [-0.39, 0.29) is 12.2 Å². The molecule has 6 nitrogen and oxygen atoms in total. The Morgan fingerprint density at radius 1 is 1.53 bits per heavy atom. The lowest BCUT2D eigenvalue weighted by Crippen LogP contribution is -2.22. The molecule has 1 fully saturated rings. The van der Waals surface area contributed by atoms with Crippen molar-refractivity contribution in [2.24, 2.45) is 11.7 Å². The van der Waals surface area contributed by atoms with E-state index in [4.69, 9.17) is 10.5 Å². The normalized spacial score (nSPS) is 23.3. The molecule has 0 amide bonds. The molecule has 0 spiro atoms. The van der Waals surface area contributed by atoms with Crippen molar-refractivity contribution in [1.29, 1.82) is 0 Å². The van der Waals surface area contributed by atoms with Gasteiger partial charge in [-0.15, -0.1) is 5.10 Å². The largest absolute Gasteiger partial charge is 0.461 e. The number of ether oxygens (including phenoxy) is 1. The molecule has 0 bridgehead atoms. The number of nitrogens with two attached hydrogens (primary N) is 1. The Kier molecular flexibility index (Phi) is 4.52. The molecule has 2 atom stereocenters. The van der Waals surface area contributed by atoms with E-state index in [1.165, 1.54) is 12.8 Å². The van der Waals surface area contributed by atoms with E-state index in [0.29, 0.717) is 24.3 Å². The van der Waals surface area contributed by atoms with Crippen LogP contribution in [0.4, 0.5) is 0 Å². The van der Waals surface area contributed by atoms with Crippen molar-refractivity contribution < 1.29 is 9.53 Å². The van der Waals surface area contributed by atoms with Crippen LogP contribution in [0.2, 0.25) is 0 Å². The van der Waals surface area contributed by atoms with Crippen LogP contribution in [-0.2, 0) is 11.3 Å². The summed E-state index contributed by atoms with van der Waals surface area (Å²) in [4.78, 5) is 11.8. The highest BCUT2D eigenvalue weighted by Crippen LogP contribution is 2.32. The van der Waals surface area contributed by atoms with Gasteiger partial charge in [-0.05, 0) is 25.7 Å². The standard InChI is InChI=1S/C13H22N4O2/c1-3-19-13(18)12-11(8-14)17(16-15-12)10-6-4-5-9(2)7-10/h9-10H,3-8,14H2,1-2H3. The summed E-state index contributed by atoms with van der Waals surface area (Å²) in [6, 6.07) is 0.304. The van der Waals surface area contributed by atoms with Crippen LogP contribution in [0, 0.1) is 5.92 Å². The van der Waals surface area contributed by atoms with E-state index >= 15 is 0 Å². The van der Waals surface area contributed by atoms with E-state index in [9.17, 15) is 4.79 Å². The van der Waals surface area contributed by atoms with Gasteiger partial charge in [0.25, 0.3) is 0 Å². The van der Waals surface area contributed by atoms with Crippen molar-refractivity contribution in [2.75, 3.05) is 6.61 Å². The fourth-order valence-corrected chi connectivity index (χ4v) is 2.78. The Morgan fingerprint density at radius 3 is 2.95 bits per heavy atom. The summed E-state index contributed by atoms with van der Waals surface area (Å²) < 4.78 is 6.82. The number of carbonyl (C=O) groups is 1. The van der Waals surface area contributed by atoms with Gasteiger partial charge in [0.2, 0.25) is 0 Å². The number of rotatable bonds is 4. The molecule has 1 heterocycles. The number of esters is 1. The minimum absolute atomic E-state index is 0.256. The maximum absolute atomic E-state index is 11.8. The van der Waals surface area contributed by atoms with Crippen LogP contribution in [-0.4, -0.2) is 27.6 Å². The Bertz CT molecular complexity index is 444. The number of hydrogen-bond acceptors (Lipinski definition) is 5. The second-order valence-corrected chi connectivity index (χ2v) is 5.18. The van der Waals surface area contributed by atoms with Crippen molar-refractivity contribution in [3.05, 3.63) is 11.4 Å². The van der Waals surface area contributed by atoms with Gasteiger partial charge >= 0.3 is 5.97 Å². The van der Waals surface area contributed by atoms with Gasteiger partial charge < -0.3 is 10.5 Å². The predicted molar refractivity (Wildman–Crippen MR) is 70.5 cm³/mol. The van der Waals surface area contributed by atoms with Gasteiger partial charge in [0.05, 0.1) is 18.3 Å². The van der Waals surface area contributed by atoms with Crippen LogP contribution < -0.4 is 5.73 Å². The molecule has 0 aliphatic heterocycles. The number of carbonyl (C=O) groups excluding carboxylic acids is 1. The summed E-state index contributed by atoms with van der Waals surface area (Å²) in [5.41, 5.74) is 6.72. The zero-order valence-electron chi connectivity index (χ0n) is 11.6. The van der Waals surface area contributed by atoms with Gasteiger partial charge in [0.1, 0.15) is 0 Å². The van der Waals surface area contributed by atoms with Gasteiger partial charge in [-0.3, -0.25) is 0 Å². The van der Waals surface area contributed by atoms with Crippen LogP contribution >= 0.6 is 0 Å². The predicted octanol–water partition coefficient (Wildman–Crippen LogP) is 1.66. The highest BCUT2D eigenvalue weighted by molar-refractivity contribution is 5.88. The molecule has 0 saturated heterocycles. The third-order valence-electron chi connectivity index (χ3n) is 3.71. The molecule has 2 rings (SSSR count). The SMILES string of the molecule is CCOC(=O)c1nnn(C2CCCC(C)C2)c1CN. The quantitative estimate of drug-likeness (QED) is 0.838. The fraction of sp³-hybridized carbons (Fsp3) is 0.769. The molecule has 2 unspecified atom stereocenters. The summed E-state index contributed by atoms with van der Waals surface area (Å²) in [5, 5.41) is 8.10. The third-order valence-corrected chi connectivity index (χ3v) is 3.71. The third kappa shape index (κ3) is 2.94. The first kappa shape index (κ1) is 14.0. The molecule has 1 aliphatic rings. The number of hydrogen-bond donors (Lipinski definition) is 1. The molecule has 1 saturated carbocycles. The molecule has 106 valence electrons. The molecular formula is C13H22N4O2. The molecule has 0 radical (unpaired) electrons. The van der Waals surface area contributed by atoms with Gasteiger partial charge in [-0.2, -0.15) is 0 Å². The second kappa shape index (κ2) is 6.14. The summed E-state index contributed by atoms with van der Waals surface area (Å²) >= 11 is 0. The Balaban J connectivity index is 2.23. The first-order valence-corrected chi connectivity index (χ1v) is 6.98. The lowest BCUT2D eigenvalue weighted by Gasteiger charge is -2.27. The summed E-state index contributed by atoms with van der Waals surface area (Å²) in [7, 11) is 0. The molecule has 1 aliphatic carbocycles. The molecule has 1 aromatic rings. The molecular weight excluding hydrogens is 244 g/mol. The Morgan fingerprint density at radius 2 is 2.32 bits per heavy atom. The van der Waals surface area contributed by atoms with E-state index in [1.54, 1.807) is 6.92 Å². The van der Waals surface area contributed by atoms with Crippen molar-refractivity contribution in [3.8, 4) is 0 Å². The van der Waals surface area contributed by atoms with Gasteiger partial charge in [-0.25, -0.2) is 9.48 Å². The van der Waals surface area contributed by atoms with E-state index in [2.05, 4.69) is 17.2 Å². The van der Waals surface area contributed by atoms with Crippen LogP contribution in [0.1, 0.15) is 61.8 Å². The maximum atomic E-state index is 11.8. The average Bonchev–Trinajstić information content (AvgIpc) is 2.82. The lowest BCUT2D eigenvalue weighted by molar-refractivity contribution is 0.0518. The minimum Gasteiger partial charge on any atom is -0.461 e. The molecule has 19 heavy (non-hydrogen) atoms. The Hall–Kier alpha value is -1.43. The molecule has 1 aromatic heterocycles. The smallest absolute Gasteiger partial charge is 0.360 e. The minimum atomic E-state index is -0.432. The van der Waals surface area contributed by atoms with Crippen molar-refractivity contribution in [1.82, 2.24) is 15.0 Å². The second-order valence-electron chi connectivity index (χ2n) is 5.18. The maximum Gasteiger partial charge on any atom is 0.360 e. The van der Waals surface area contributed by atoms with E-state index < -0.39 is 5.97 Å². The summed E-state index contributed by atoms with van der Waals surface area (Å²) in [6.07, 6.45) is 4.58. The van der Waals surface area contributed by atoms with Crippen LogP contribution in [0.5, 0.6) is 0 Å². The van der Waals surface area contributed by atoms with E-state index in [0.717, 1.165) is 12.8 Å². The fourth-order valence-electron chi connectivity index (χ4n) is 2.78. The van der Waals surface area contributed by atoms with E-state index in [1.807, 2.05) is 4.68 Å². The van der Waals surface area contributed by atoms with Crippen LogP contribution in [0.25, 0.3) is 0 Å². The number of nitrogens with zero attached hydrogens (tertiary/aromatic N) is 3. The Labute approximate surface area is 113 Å². The molecule has 6 heteroatoms. The van der Waals surface area contributed by atoms with Gasteiger partial charge in [-0.1, -0.05) is 25.0 Å². The van der Waals surface area contributed by atoms with Crippen molar-refractivity contribution in [3.63, 3.8) is 0 Å². The lowest BCUT2D eigenvalue weighted by atomic mass is 9.87. The zero-order valence-corrected chi connectivity index (χ0v) is 11.6. The molecule has 2 N–H and O–H groups in total. The summed E-state index contributed by atoms with van der Waals surface area (Å²) in [6.45, 7) is 4.60. The summed E-state index contributed by atoms with van der Waals surface area (Å²) in [5.74, 6) is 0.248. The zero-order chi connectivity index (χ0) is 13.8. The monoisotopic (exact) mass is 266 g/mol. The topological polar surface area (TPSA) is 83.0 Å². The first-order chi connectivity index (χ1) is 9.17. The van der Waals surface area contributed by atoms with Crippen molar-refractivity contribution in [2.45, 2.75) is 52.1 Å². The first-order valence-electron chi connectivity index (χ1n) is 6.98. The van der Waals surface area contributed by atoms with Crippen LogP contribution in [0.15, 0.2) is 0 Å². The highest BCUT2D eigenvalue weighted by atomic mass is 16.5. The van der Waals surface area contributed by atoms with Gasteiger partial charge in [0.15, 0.2) is 5.69 Å².